The standard InChI is InChI=1S/C18H33NO2/c1-17(2,19-11-5-3-4-6-12-19)16(20)15-8-13-21-18(14-15)9-7-10-18/h15-16,20H,3-14H2,1-2H3. The van der Waals surface area contributed by atoms with Crippen LogP contribution in [0.4, 0.5) is 0 Å². The molecule has 0 aromatic rings. The van der Waals surface area contributed by atoms with Crippen LogP contribution in [0.2, 0.25) is 0 Å². The maximum atomic E-state index is 11.1. The molecule has 1 N–H and O–H groups in total. The van der Waals surface area contributed by atoms with Crippen molar-refractivity contribution in [3.05, 3.63) is 0 Å². The molecule has 0 aromatic heterocycles. The van der Waals surface area contributed by atoms with Gasteiger partial charge in [-0.05, 0) is 77.8 Å². The van der Waals surface area contributed by atoms with Crippen molar-refractivity contribution in [3.8, 4) is 0 Å². The molecule has 1 saturated carbocycles. The highest BCUT2D eigenvalue weighted by Gasteiger charge is 2.47. The molecule has 3 heteroatoms. The van der Waals surface area contributed by atoms with Crippen molar-refractivity contribution in [2.24, 2.45) is 5.92 Å². The van der Waals surface area contributed by atoms with Crippen LogP contribution < -0.4 is 0 Å². The van der Waals surface area contributed by atoms with Gasteiger partial charge in [0.1, 0.15) is 0 Å². The van der Waals surface area contributed by atoms with Crippen molar-refractivity contribution >= 4 is 0 Å². The minimum atomic E-state index is -0.225. The maximum absolute atomic E-state index is 11.1. The Hall–Kier alpha value is -0.120. The molecule has 0 bridgehead atoms. The molecule has 3 rings (SSSR count). The molecule has 1 spiro atoms. The average molecular weight is 295 g/mol. The van der Waals surface area contributed by atoms with Gasteiger partial charge in [-0.15, -0.1) is 0 Å². The topological polar surface area (TPSA) is 32.7 Å². The number of likely N-dealkylation sites (tertiary alicyclic amines) is 1. The van der Waals surface area contributed by atoms with Gasteiger partial charge in [-0.1, -0.05) is 12.8 Å². The molecule has 0 aromatic carbocycles. The first-order valence-electron chi connectivity index (χ1n) is 9.11. The van der Waals surface area contributed by atoms with Gasteiger partial charge in [-0.25, -0.2) is 0 Å². The van der Waals surface area contributed by atoms with Crippen molar-refractivity contribution in [2.45, 2.75) is 88.9 Å². The fourth-order valence-corrected chi connectivity index (χ4v) is 4.67. The maximum Gasteiger partial charge on any atom is 0.0748 e. The number of aliphatic hydroxyl groups is 1. The van der Waals surface area contributed by atoms with E-state index in [1.165, 1.54) is 44.9 Å². The molecule has 2 unspecified atom stereocenters. The monoisotopic (exact) mass is 295 g/mol. The van der Waals surface area contributed by atoms with Crippen LogP contribution in [0.1, 0.15) is 71.6 Å². The molecule has 2 saturated heterocycles. The lowest BCUT2D eigenvalue weighted by Gasteiger charge is -2.51. The Morgan fingerprint density at radius 3 is 2.33 bits per heavy atom. The van der Waals surface area contributed by atoms with Crippen LogP contribution >= 0.6 is 0 Å². The van der Waals surface area contributed by atoms with Gasteiger partial charge >= 0.3 is 0 Å². The number of hydrogen-bond donors (Lipinski definition) is 1. The first-order valence-corrected chi connectivity index (χ1v) is 9.11. The smallest absolute Gasteiger partial charge is 0.0748 e. The summed E-state index contributed by atoms with van der Waals surface area (Å²) in [5.41, 5.74) is 0.0377. The summed E-state index contributed by atoms with van der Waals surface area (Å²) in [5.74, 6) is 0.414. The Morgan fingerprint density at radius 2 is 1.76 bits per heavy atom. The Morgan fingerprint density at radius 1 is 1.10 bits per heavy atom. The predicted molar refractivity (Wildman–Crippen MR) is 85.4 cm³/mol. The zero-order chi connectivity index (χ0) is 14.9. The first-order chi connectivity index (χ1) is 10.0. The second kappa shape index (κ2) is 6.17. The Kier molecular flexibility index (Phi) is 4.63. The summed E-state index contributed by atoms with van der Waals surface area (Å²) < 4.78 is 6.04. The van der Waals surface area contributed by atoms with Crippen molar-refractivity contribution in [1.82, 2.24) is 4.90 Å². The minimum Gasteiger partial charge on any atom is -0.391 e. The van der Waals surface area contributed by atoms with Crippen LogP contribution in [-0.2, 0) is 4.74 Å². The van der Waals surface area contributed by atoms with Crippen LogP contribution in [0.3, 0.4) is 0 Å². The third-order valence-electron chi connectivity index (χ3n) is 6.39. The average Bonchev–Trinajstić information content (AvgIpc) is 2.74. The summed E-state index contributed by atoms with van der Waals surface area (Å²) in [6, 6.07) is 0. The van der Waals surface area contributed by atoms with E-state index in [0.29, 0.717) is 5.92 Å². The molecule has 122 valence electrons. The fraction of sp³-hybridized carbons (Fsp3) is 1.00. The number of aliphatic hydroxyl groups excluding tert-OH is 1. The fourth-order valence-electron chi connectivity index (χ4n) is 4.67. The quantitative estimate of drug-likeness (QED) is 0.866. The Balaban J connectivity index is 1.65. The van der Waals surface area contributed by atoms with E-state index in [4.69, 9.17) is 4.74 Å². The molecule has 3 nitrogen and oxygen atoms in total. The summed E-state index contributed by atoms with van der Waals surface area (Å²) in [4.78, 5) is 2.55. The third kappa shape index (κ3) is 3.16. The molecule has 2 atom stereocenters. The zero-order valence-corrected chi connectivity index (χ0v) is 13.9. The molecule has 21 heavy (non-hydrogen) atoms. The molecule has 0 radical (unpaired) electrons. The van der Waals surface area contributed by atoms with Crippen LogP contribution in [0.15, 0.2) is 0 Å². The normalized spacial score (nSPS) is 32.4. The predicted octanol–water partition coefficient (Wildman–Crippen LogP) is 3.35. The lowest BCUT2D eigenvalue weighted by Crippen LogP contribution is -2.58. The molecular formula is C18H33NO2. The van der Waals surface area contributed by atoms with E-state index in [1.54, 1.807) is 0 Å². The summed E-state index contributed by atoms with van der Waals surface area (Å²) in [7, 11) is 0. The van der Waals surface area contributed by atoms with Gasteiger partial charge in [0.05, 0.1) is 11.7 Å². The molecule has 2 aliphatic heterocycles. The van der Waals surface area contributed by atoms with Gasteiger partial charge in [0, 0.05) is 12.1 Å². The highest BCUT2D eigenvalue weighted by Crippen LogP contribution is 2.46. The van der Waals surface area contributed by atoms with Gasteiger partial charge in [0.25, 0.3) is 0 Å². The largest absolute Gasteiger partial charge is 0.391 e. The first kappa shape index (κ1) is 15.8. The number of hydrogen-bond acceptors (Lipinski definition) is 3. The van der Waals surface area contributed by atoms with Crippen molar-refractivity contribution < 1.29 is 9.84 Å². The summed E-state index contributed by atoms with van der Waals surface area (Å²) in [5, 5.41) is 11.1. The molecular weight excluding hydrogens is 262 g/mol. The van der Waals surface area contributed by atoms with Gasteiger partial charge in [-0.3, -0.25) is 4.90 Å². The summed E-state index contributed by atoms with van der Waals surface area (Å²) in [6.07, 6.45) is 10.9. The Labute approximate surface area is 130 Å². The second-order valence-corrected chi connectivity index (χ2v) is 8.14. The van der Waals surface area contributed by atoms with Crippen molar-refractivity contribution in [3.63, 3.8) is 0 Å². The molecule has 3 aliphatic rings. The molecule has 2 heterocycles. The van der Waals surface area contributed by atoms with E-state index in [9.17, 15) is 5.11 Å². The molecule has 1 aliphatic carbocycles. The van der Waals surface area contributed by atoms with Crippen molar-refractivity contribution in [2.75, 3.05) is 19.7 Å². The zero-order valence-electron chi connectivity index (χ0n) is 13.9. The van der Waals surface area contributed by atoms with Crippen LogP contribution in [-0.4, -0.2) is 46.9 Å². The van der Waals surface area contributed by atoms with Crippen LogP contribution in [0.5, 0.6) is 0 Å². The van der Waals surface area contributed by atoms with Gasteiger partial charge in [-0.2, -0.15) is 0 Å². The number of nitrogens with zero attached hydrogens (tertiary/aromatic N) is 1. The number of rotatable bonds is 3. The van der Waals surface area contributed by atoms with Crippen molar-refractivity contribution in [1.29, 1.82) is 0 Å². The van der Waals surface area contributed by atoms with E-state index in [1.807, 2.05) is 0 Å². The van der Waals surface area contributed by atoms with Gasteiger partial charge in [0.15, 0.2) is 0 Å². The molecule has 3 fully saturated rings. The lowest BCUT2D eigenvalue weighted by molar-refractivity contribution is -0.169. The second-order valence-electron chi connectivity index (χ2n) is 8.14. The minimum absolute atomic E-state index is 0.0999. The van der Waals surface area contributed by atoms with Gasteiger partial charge in [0.2, 0.25) is 0 Å². The summed E-state index contributed by atoms with van der Waals surface area (Å²) in [6.45, 7) is 7.66. The third-order valence-corrected chi connectivity index (χ3v) is 6.39. The van der Waals surface area contributed by atoms with E-state index in [2.05, 4.69) is 18.7 Å². The van der Waals surface area contributed by atoms with E-state index in [0.717, 1.165) is 32.5 Å². The Bertz CT molecular complexity index is 343. The van der Waals surface area contributed by atoms with E-state index < -0.39 is 0 Å². The molecule has 0 amide bonds. The van der Waals surface area contributed by atoms with Crippen LogP contribution in [0, 0.1) is 5.92 Å². The van der Waals surface area contributed by atoms with E-state index in [-0.39, 0.29) is 17.2 Å². The van der Waals surface area contributed by atoms with Crippen LogP contribution in [0.25, 0.3) is 0 Å². The van der Waals surface area contributed by atoms with Gasteiger partial charge < -0.3 is 9.84 Å². The highest BCUT2D eigenvalue weighted by molar-refractivity contribution is 5.00. The summed E-state index contributed by atoms with van der Waals surface area (Å²) >= 11 is 0. The van der Waals surface area contributed by atoms with E-state index >= 15 is 0 Å². The number of ether oxygens (including phenoxy) is 1. The highest BCUT2D eigenvalue weighted by atomic mass is 16.5. The lowest BCUT2D eigenvalue weighted by atomic mass is 9.68. The SMILES string of the molecule is CC(C)(C(O)C1CCOC2(CCC2)C1)N1CCCCCC1.